The molecule has 0 atom stereocenters. The van der Waals surface area contributed by atoms with Crippen LogP contribution < -0.4 is 5.73 Å². The minimum absolute atomic E-state index is 0.954. The first kappa shape index (κ1) is 40.2. The second-order valence-electron chi connectivity index (χ2n) is 8.53. The number of benzene rings is 2. The first-order chi connectivity index (χ1) is 19.8. The average molecular weight is 619 g/mol. The Balaban J connectivity index is 0. The third kappa shape index (κ3) is 11.8. The number of rotatable bonds is 9. The van der Waals surface area contributed by atoms with E-state index in [1.54, 1.807) is 0 Å². The van der Waals surface area contributed by atoms with E-state index in [1.165, 1.54) is 62.7 Å². The van der Waals surface area contributed by atoms with Crippen LogP contribution in [0.3, 0.4) is 0 Å². The summed E-state index contributed by atoms with van der Waals surface area (Å²) in [6.45, 7) is 27.2. The molecular formula is C39H56BrN. The molecule has 2 aromatic rings. The molecule has 0 saturated carbocycles. The molecule has 0 bridgehead atoms. The molecule has 2 N–H and O–H groups in total. The van der Waals surface area contributed by atoms with E-state index in [1.807, 2.05) is 33.8 Å². The van der Waals surface area contributed by atoms with Crippen molar-refractivity contribution < 1.29 is 0 Å². The second-order valence-corrected chi connectivity index (χ2v) is 9.44. The summed E-state index contributed by atoms with van der Waals surface area (Å²) < 4.78 is 0.975. The molecule has 0 radical (unpaired) electrons. The molecule has 0 aliphatic heterocycles. The van der Waals surface area contributed by atoms with Gasteiger partial charge in [0.15, 0.2) is 0 Å². The van der Waals surface area contributed by atoms with Gasteiger partial charge in [-0.15, -0.1) is 0 Å². The standard InChI is InChI=1S/C34H39Br.2C2H6.CH5N/c1-9-27(10-2)33(31(13-5)26(8)25(7)28(11-3)23-30(35)12-4)34(29-20-15-14-16-21-29)32-22-18-17-19-24(32)6;3*1-2/h9,11-23H,4,10H2,1-3,5-8H3;2*1-2H3;2H2,1H3/b26-25-,27-9-,28-11+,30-23+,31-13?,34-33+;;;. The van der Waals surface area contributed by atoms with Gasteiger partial charge in [0.05, 0.1) is 0 Å². The zero-order valence-electron chi connectivity index (χ0n) is 28.0. The summed E-state index contributed by atoms with van der Waals surface area (Å²) in [6, 6.07) is 19.5. The van der Waals surface area contributed by atoms with E-state index in [4.69, 9.17) is 0 Å². The molecule has 0 heterocycles. The zero-order chi connectivity index (χ0) is 32.0. The normalized spacial score (nSPS) is 13.2. The van der Waals surface area contributed by atoms with Gasteiger partial charge in [-0.1, -0.05) is 136 Å². The first-order valence-corrected chi connectivity index (χ1v) is 15.7. The molecule has 0 aliphatic rings. The van der Waals surface area contributed by atoms with Crippen molar-refractivity contribution >= 4 is 21.5 Å². The van der Waals surface area contributed by atoms with Gasteiger partial charge >= 0.3 is 0 Å². The van der Waals surface area contributed by atoms with E-state index in [2.05, 4.69) is 156 Å². The van der Waals surface area contributed by atoms with Gasteiger partial charge in [-0.2, -0.15) is 0 Å². The zero-order valence-corrected chi connectivity index (χ0v) is 29.5. The highest BCUT2D eigenvalue weighted by Crippen LogP contribution is 2.40. The van der Waals surface area contributed by atoms with Crippen LogP contribution >= 0.6 is 15.9 Å². The summed E-state index contributed by atoms with van der Waals surface area (Å²) >= 11 is 3.60. The fourth-order valence-electron chi connectivity index (χ4n) is 4.47. The van der Waals surface area contributed by atoms with Crippen molar-refractivity contribution in [1.29, 1.82) is 0 Å². The van der Waals surface area contributed by atoms with Crippen LogP contribution in [0.15, 0.2) is 129 Å². The minimum atomic E-state index is 0.954. The van der Waals surface area contributed by atoms with Gasteiger partial charge in [-0.3, -0.25) is 0 Å². The third-order valence-corrected chi connectivity index (χ3v) is 7.09. The summed E-state index contributed by atoms with van der Waals surface area (Å²) in [4.78, 5) is 0. The Morgan fingerprint density at radius 2 is 1.34 bits per heavy atom. The van der Waals surface area contributed by atoms with Gasteiger partial charge in [-0.25, -0.2) is 0 Å². The molecule has 0 amide bonds. The van der Waals surface area contributed by atoms with Gasteiger partial charge < -0.3 is 5.73 Å². The lowest BCUT2D eigenvalue weighted by molar-refractivity contribution is 1.09. The molecule has 2 rings (SSSR count). The predicted molar refractivity (Wildman–Crippen MR) is 194 cm³/mol. The molecular weight excluding hydrogens is 562 g/mol. The van der Waals surface area contributed by atoms with E-state index in [0.29, 0.717) is 0 Å². The lowest BCUT2D eigenvalue weighted by Crippen LogP contribution is -2.05. The van der Waals surface area contributed by atoms with Gasteiger partial charge in [-0.05, 0) is 117 Å². The molecule has 1 nitrogen and oxygen atoms in total. The van der Waals surface area contributed by atoms with Crippen LogP contribution in [0.5, 0.6) is 0 Å². The first-order valence-electron chi connectivity index (χ1n) is 14.9. The summed E-state index contributed by atoms with van der Waals surface area (Å²) in [5, 5.41) is 0. The smallest absolute Gasteiger partial charge is 0.0175 e. The fraction of sp³-hybridized carbons (Fsp3) is 0.333. The molecule has 0 fully saturated rings. The molecule has 0 spiro atoms. The SMILES string of the molecule is C=C\C(Br)=C/C(=C\C)C(/C)=C(/C)C(=CC)C(/C(=C\C)CC)=C(\c1ccccc1)c1ccccc1C.CC.CC.CN. The fourth-order valence-corrected chi connectivity index (χ4v) is 4.72. The number of allylic oxidation sites excluding steroid dienone is 12. The lowest BCUT2D eigenvalue weighted by Gasteiger charge is -2.24. The van der Waals surface area contributed by atoms with E-state index in [9.17, 15) is 0 Å². The molecule has 0 unspecified atom stereocenters. The number of halogens is 1. The number of hydrogen-bond acceptors (Lipinski definition) is 1. The average Bonchev–Trinajstić information content (AvgIpc) is 3.04. The number of nitrogens with two attached hydrogens (primary N) is 1. The van der Waals surface area contributed by atoms with Gasteiger partial charge in [0.1, 0.15) is 0 Å². The highest BCUT2D eigenvalue weighted by molar-refractivity contribution is 9.11. The van der Waals surface area contributed by atoms with Crippen LogP contribution in [0.1, 0.15) is 92.3 Å². The predicted octanol–water partition coefficient (Wildman–Crippen LogP) is 12.5. The van der Waals surface area contributed by atoms with Crippen LogP contribution in [-0.2, 0) is 0 Å². The number of aryl methyl sites for hydroxylation is 1. The van der Waals surface area contributed by atoms with Crippen molar-refractivity contribution in [3.05, 3.63) is 146 Å². The quantitative estimate of drug-likeness (QED) is 0.278. The molecule has 0 saturated heterocycles. The van der Waals surface area contributed by atoms with Crippen LogP contribution in [0, 0.1) is 6.92 Å². The molecule has 0 aromatic heterocycles. The van der Waals surface area contributed by atoms with E-state index in [0.717, 1.165) is 10.9 Å². The highest BCUT2D eigenvalue weighted by atomic mass is 79.9. The Morgan fingerprint density at radius 3 is 1.78 bits per heavy atom. The maximum Gasteiger partial charge on any atom is 0.0175 e. The summed E-state index contributed by atoms with van der Waals surface area (Å²) in [7, 11) is 1.50. The molecule has 2 heteroatoms. The Morgan fingerprint density at radius 1 is 0.805 bits per heavy atom. The van der Waals surface area contributed by atoms with Crippen molar-refractivity contribution in [3.8, 4) is 0 Å². The summed E-state index contributed by atoms with van der Waals surface area (Å²) in [5.74, 6) is 0. The largest absolute Gasteiger partial charge is 0.333 e. The van der Waals surface area contributed by atoms with Crippen molar-refractivity contribution in [1.82, 2.24) is 0 Å². The highest BCUT2D eigenvalue weighted by Gasteiger charge is 2.21. The molecule has 0 aliphatic carbocycles. The van der Waals surface area contributed by atoms with Crippen LogP contribution in [0.25, 0.3) is 5.57 Å². The summed E-state index contributed by atoms with van der Waals surface area (Å²) in [6.07, 6.45) is 11.6. The molecule has 41 heavy (non-hydrogen) atoms. The minimum Gasteiger partial charge on any atom is -0.333 e. The monoisotopic (exact) mass is 617 g/mol. The summed E-state index contributed by atoms with van der Waals surface area (Å²) in [5.41, 5.74) is 17.2. The van der Waals surface area contributed by atoms with Crippen LogP contribution in [-0.4, -0.2) is 7.05 Å². The van der Waals surface area contributed by atoms with E-state index in [-0.39, 0.29) is 0 Å². The third-order valence-electron chi connectivity index (χ3n) is 6.53. The van der Waals surface area contributed by atoms with Gasteiger partial charge in [0.2, 0.25) is 0 Å². The Bertz CT molecular complexity index is 1230. The van der Waals surface area contributed by atoms with Crippen molar-refractivity contribution in [2.24, 2.45) is 5.73 Å². The maximum absolute atomic E-state index is 4.50. The van der Waals surface area contributed by atoms with Crippen LogP contribution in [0.4, 0.5) is 0 Å². The Kier molecular flexibility index (Phi) is 23.3. The van der Waals surface area contributed by atoms with E-state index >= 15 is 0 Å². The van der Waals surface area contributed by atoms with Gasteiger partial charge in [0.25, 0.3) is 0 Å². The second kappa shape index (κ2) is 23.7. The lowest BCUT2D eigenvalue weighted by atomic mass is 9.80. The molecule has 224 valence electrons. The topological polar surface area (TPSA) is 26.0 Å². The van der Waals surface area contributed by atoms with Crippen molar-refractivity contribution in [3.63, 3.8) is 0 Å². The molecule has 2 aromatic carbocycles. The van der Waals surface area contributed by atoms with Crippen molar-refractivity contribution in [2.75, 3.05) is 7.05 Å². The van der Waals surface area contributed by atoms with Crippen molar-refractivity contribution in [2.45, 2.75) is 82.6 Å². The van der Waals surface area contributed by atoms with E-state index < -0.39 is 0 Å². The maximum atomic E-state index is 4.50. The van der Waals surface area contributed by atoms with Crippen LogP contribution in [0.2, 0.25) is 0 Å². The number of hydrogen-bond donors (Lipinski definition) is 1. The Hall–Kier alpha value is -2.94. The van der Waals surface area contributed by atoms with Gasteiger partial charge in [0, 0.05) is 4.48 Å². The Labute approximate surface area is 262 Å².